The van der Waals surface area contributed by atoms with Gasteiger partial charge in [-0.05, 0) is 145 Å². The van der Waals surface area contributed by atoms with Gasteiger partial charge in [-0.15, -0.1) is 0 Å². The van der Waals surface area contributed by atoms with Crippen LogP contribution in [-0.4, -0.2) is 24.2 Å². The number of phenols is 1. The van der Waals surface area contributed by atoms with Crippen molar-refractivity contribution >= 4 is 32.8 Å². The van der Waals surface area contributed by atoms with E-state index >= 15 is 0 Å². The highest BCUT2D eigenvalue weighted by molar-refractivity contribution is 6.10. The van der Waals surface area contributed by atoms with E-state index in [9.17, 15) is 5.11 Å². The van der Waals surface area contributed by atoms with Gasteiger partial charge in [0.15, 0.2) is 0 Å². The van der Waals surface area contributed by atoms with E-state index in [1.807, 2.05) is 6.07 Å². The lowest BCUT2D eigenvalue weighted by Crippen LogP contribution is -2.27. The third kappa shape index (κ3) is 7.40. The van der Waals surface area contributed by atoms with E-state index in [2.05, 4.69) is 248 Å². The summed E-state index contributed by atoms with van der Waals surface area (Å²) in [4.78, 5) is 11.1. The molecule has 75 heavy (non-hydrogen) atoms. The third-order valence-electron chi connectivity index (χ3n) is 16.4. The quantitative estimate of drug-likeness (QED) is 0.173. The number of aromatic hydroxyl groups is 1. The van der Waals surface area contributed by atoms with Crippen molar-refractivity contribution in [1.82, 2.24) is 19.1 Å². The molecule has 0 saturated carbocycles. The molecule has 3 aliphatic rings. The van der Waals surface area contributed by atoms with Crippen LogP contribution in [0.5, 0.6) is 5.75 Å². The molecule has 0 aliphatic heterocycles. The number of rotatable bonds is 7. The van der Waals surface area contributed by atoms with Gasteiger partial charge in [-0.2, -0.15) is 0 Å². The summed E-state index contributed by atoms with van der Waals surface area (Å²) in [7, 11) is 0. The van der Waals surface area contributed by atoms with Crippen LogP contribution in [0.15, 0.2) is 176 Å². The molecule has 0 fully saturated rings. The van der Waals surface area contributed by atoms with Crippen LogP contribution in [0, 0.1) is 0 Å². The van der Waals surface area contributed by atoms with Crippen LogP contribution in [0.1, 0.15) is 149 Å². The molecule has 11 aromatic rings. The van der Waals surface area contributed by atoms with E-state index in [-0.39, 0.29) is 28.4 Å². The Kier molecular flexibility index (Phi) is 10.6. The van der Waals surface area contributed by atoms with Gasteiger partial charge in [0.1, 0.15) is 11.6 Å². The summed E-state index contributed by atoms with van der Waals surface area (Å²) in [5.41, 5.74) is 23.4. The number of imidazole rings is 1. The summed E-state index contributed by atoms with van der Waals surface area (Å²) in [5, 5.41) is 15.0. The SMILES string of the molecule is CC(C)c1cccc(C(C)C)c1-n1c(-c2cccc(-c3cc(-n4c5ccc(C(C)(C)C)cc5c5cc(C(C)(C)C)ccc54)cc(-c4cc5c(cc4O)C4c6ccccc6C5c5ccccc54)n3)c2)nc2ccccc21. The second kappa shape index (κ2) is 17.0. The average molecular weight is 977 g/mol. The number of pyridine rings is 1. The molecule has 8 aromatic carbocycles. The fraction of sp³-hybridized carbons (Fsp3) is 0.229. The molecule has 0 saturated heterocycles. The first-order chi connectivity index (χ1) is 36.0. The zero-order valence-corrected chi connectivity index (χ0v) is 44.8. The zero-order chi connectivity index (χ0) is 51.8. The van der Waals surface area contributed by atoms with Gasteiger partial charge >= 0.3 is 0 Å². The summed E-state index contributed by atoms with van der Waals surface area (Å²) in [6, 6.07) is 64.5. The van der Waals surface area contributed by atoms with Gasteiger partial charge in [-0.25, -0.2) is 9.97 Å². The minimum Gasteiger partial charge on any atom is -0.507 e. The van der Waals surface area contributed by atoms with E-state index in [0.717, 1.165) is 61.5 Å². The van der Waals surface area contributed by atoms with Crippen molar-refractivity contribution in [3.05, 3.63) is 232 Å². The second-order valence-electron chi connectivity index (χ2n) is 24.0. The first-order valence-electron chi connectivity index (χ1n) is 26.9. The van der Waals surface area contributed by atoms with Crippen LogP contribution in [-0.2, 0) is 10.8 Å². The molecular formula is C70H64N4O. The zero-order valence-electron chi connectivity index (χ0n) is 44.8. The highest BCUT2D eigenvalue weighted by Crippen LogP contribution is 2.57. The normalized spacial score (nSPS) is 15.1. The van der Waals surface area contributed by atoms with E-state index in [1.54, 1.807) is 0 Å². The Morgan fingerprint density at radius 3 is 1.51 bits per heavy atom. The molecule has 0 radical (unpaired) electrons. The van der Waals surface area contributed by atoms with Gasteiger partial charge in [0.25, 0.3) is 0 Å². The summed E-state index contributed by atoms with van der Waals surface area (Å²) >= 11 is 0. The largest absolute Gasteiger partial charge is 0.507 e. The molecule has 3 aliphatic carbocycles. The van der Waals surface area contributed by atoms with E-state index in [1.165, 1.54) is 66.5 Å². The Labute approximate surface area is 441 Å². The van der Waals surface area contributed by atoms with Crippen molar-refractivity contribution in [3.63, 3.8) is 0 Å². The number of fused-ring (bicyclic) bond motifs is 4. The summed E-state index contributed by atoms with van der Waals surface area (Å²) in [6.07, 6.45) is 0. The lowest BCUT2D eigenvalue weighted by molar-refractivity contribution is 0.475. The summed E-state index contributed by atoms with van der Waals surface area (Å²) in [5.74, 6) is 1.79. The molecule has 370 valence electrons. The maximum Gasteiger partial charge on any atom is 0.145 e. The lowest BCUT2D eigenvalue weighted by atomic mass is 9.61. The first-order valence-corrected chi connectivity index (χ1v) is 26.9. The van der Waals surface area contributed by atoms with Crippen LogP contribution in [0.2, 0.25) is 0 Å². The van der Waals surface area contributed by atoms with Crippen LogP contribution >= 0.6 is 0 Å². The number of nitrogens with zero attached hydrogens (tertiary/aromatic N) is 4. The predicted molar refractivity (Wildman–Crippen MR) is 312 cm³/mol. The molecule has 5 heteroatoms. The lowest BCUT2D eigenvalue weighted by Gasteiger charge is -2.42. The maximum absolute atomic E-state index is 12.5. The van der Waals surface area contributed by atoms with Gasteiger partial charge in [-0.1, -0.05) is 178 Å². The Bertz CT molecular complexity index is 3980. The highest BCUT2D eigenvalue weighted by atomic mass is 16.3. The topological polar surface area (TPSA) is 55.9 Å². The van der Waals surface area contributed by atoms with E-state index < -0.39 is 0 Å². The van der Waals surface area contributed by atoms with Crippen molar-refractivity contribution in [2.45, 2.75) is 104 Å². The molecule has 1 N–H and O–H groups in total. The van der Waals surface area contributed by atoms with Gasteiger partial charge in [0.05, 0.1) is 44.8 Å². The Morgan fingerprint density at radius 1 is 0.440 bits per heavy atom. The summed E-state index contributed by atoms with van der Waals surface area (Å²) < 4.78 is 4.82. The minimum atomic E-state index is -0.0372. The minimum absolute atomic E-state index is 0.0372. The smallest absolute Gasteiger partial charge is 0.145 e. The van der Waals surface area contributed by atoms with Crippen LogP contribution in [0.4, 0.5) is 0 Å². The molecule has 3 heterocycles. The predicted octanol–water partition coefficient (Wildman–Crippen LogP) is 18.1. The van der Waals surface area contributed by atoms with Crippen molar-refractivity contribution < 1.29 is 5.11 Å². The molecule has 0 spiro atoms. The van der Waals surface area contributed by atoms with Crippen molar-refractivity contribution in [2.75, 3.05) is 0 Å². The third-order valence-corrected chi connectivity index (χ3v) is 16.4. The monoisotopic (exact) mass is 977 g/mol. The fourth-order valence-electron chi connectivity index (χ4n) is 12.6. The Hall–Kier alpha value is -8.02. The highest BCUT2D eigenvalue weighted by Gasteiger charge is 2.42. The fourth-order valence-corrected chi connectivity index (χ4v) is 12.6. The van der Waals surface area contributed by atoms with Crippen molar-refractivity contribution in [1.29, 1.82) is 0 Å². The number of aromatic nitrogens is 4. The second-order valence-corrected chi connectivity index (χ2v) is 24.0. The van der Waals surface area contributed by atoms with Gasteiger partial charge in [-0.3, -0.25) is 4.57 Å². The van der Waals surface area contributed by atoms with E-state index in [0.29, 0.717) is 17.5 Å². The molecule has 14 rings (SSSR count). The van der Waals surface area contributed by atoms with E-state index in [4.69, 9.17) is 9.97 Å². The Morgan fingerprint density at radius 2 is 0.947 bits per heavy atom. The number of hydrogen-bond acceptors (Lipinski definition) is 3. The van der Waals surface area contributed by atoms with Gasteiger partial charge < -0.3 is 9.67 Å². The van der Waals surface area contributed by atoms with Crippen LogP contribution < -0.4 is 0 Å². The molecule has 0 amide bonds. The number of phenolic OH excluding ortho intramolecular Hbond substituents is 1. The summed E-state index contributed by atoms with van der Waals surface area (Å²) in [6.45, 7) is 22.9. The van der Waals surface area contributed by atoms with Gasteiger partial charge in [0, 0.05) is 39.3 Å². The molecule has 0 atom stereocenters. The molecule has 2 bridgehead atoms. The number of benzene rings is 8. The van der Waals surface area contributed by atoms with Crippen LogP contribution in [0.25, 0.3) is 78.1 Å². The number of hydrogen-bond donors (Lipinski definition) is 1. The first kappa shape index (κ1) is 46.7. The van der Waals surface area contributed by atoms with Gasteiger partial charge in [0.2, 0.25) is 0 Å². The average Bonchev–Trinajstić information content (AvgIpc) is 3.98. The number of para-hydroxylation sites is 3. The standard InChI is InChI=1S/C70H64N4O/c1-40(2)47-25-18-26-48(41(3)4)67(47)74-63-28-16-15-27-58(63)72-68(74)43-20-17-19-42(33-43)59-36-46(73-61-31-29-44(69(5,6)7)34-53(61)54-35-45(70(8,9)10)30-32-62(54)73)37-60(71-59)57-38-55-56(39-64(57)75)66-51-23-13-11-21-49(51)65(55)50-22-12-14-24-52(50)66/h11-41,65-66,75H,1-10H3. The van der Waals surface area contributed by atoms with Crippen LogP contribution in [0.3, 0.4) is 0 Å². The molecular weight excluding hydrogens is 913 g/mol. The van der Waals surface area contributed by atoms with Crippen molar-refractivity contribution in [3.8, 4) is 51.0 Å². The Balaban J connectivity index is 1.07. The maximum atomic E-state index is 12.5. The molecule has 3 aromatic heterocycles. The molecule has 5 nitrogen and oxygen atoms in total. The van der Waals surface area contributed by atoms with Crippen molar-refractivity contribution in [2.24, 2.45) is 0 Å². The molecule has 0 unspecified atom stereocenters.